The average Bonchev–Trinajstić information content (AvgIpc) is 2.55. The Bertz CT molecular complexity index is 722. The highest BCUT2D eigenvalue weighted by Gasteiger charge is 2.13. The summed E-state index contributed by atoms with van der Waals surface area (Å²) in [4.78, 5) is 24.0. The average molecular weight is 319 g/mol. The molecule has 2 aromatic rings. The summed E-state index contributed by atoms with van der Waals surface area (Å²) < 4.78 is 15.7. The maximum Gasteiger partial charge on any atom is 0.349 e. The predicted octanol–water partition coefficient (Wildman–Crippen LogP) is 2.35. The van der Waals surface area contributed by atoms with Gasteiger partial charge < -0.3 is 19.2 Å². The third kappa shape index (κ3) is 4.56. The minimum Gasteiger partial charge on any atom is -0.493 e. The summed E-state index contributed by atoms with van der Waals surface area (Å²) in [6, 6.07) is 6.76. The van der Waals surface area contributed by atoms with Gasteiger partial charge >= 0.3 is 5.63 Å². The van der Waals surface area contributed by atoms with Gasteiger partial charge in [0.1, 0.15) is 16.9 Å². The number of ether oxygens (including phenoxy) is 2. The van der Waals surface area contributed by atoms with E-state index in [-0.39, 0.29) is 5.56 Å². The molecule has 1 aromatic heterocycles. The van der Waals surface area contributed by atoms with Crippen molar-refractivity contribution in [3.63, 3.8) is 0 Å². The van der Waals surface area contributed by atoms with E-state index in [9.17, 15) is 9.59 Å². The van der Waals surface area contributed by atoms with Crippen LogP contribution in [0.5, 0.6) is 5.75 Å². The second kappa shape index (κ2) is 8.33. The van der Waals surface area contributed by atoms with E-state index in [4.69, 9.17) is 13.9 Å². The zero-order chi connectivity index (χ0) is 16.7. The molecule has 2 rings (SSSR count). The van der Waals surface area contributed by atoms with Crippen LogP contribution in [0.3, 0.4) is 0 Å². The molecule has 0 aliphatic rings. The lowest BCUT2D eigenvalue weighted by molar-refractivity contribution is 0.0945. The molecule has 6 nitrogen and oxygen atoms in total. The Kier molecular flexibility index (Phi) is 6.17. The summed E-state index contributed by atoms with van der Waals surface area (Å²) >= 11 is 0. The molecule has 1 N–H and O–H groups in total. The molecule has 0 spiro atoms. The van der Waals surface area contributed by atoms with E-state index in [2.05, 4.69) is 5.32 Å². The van der Waals surface area contributed by atoms with Gasteiger partial charge in [-0.05, 0) is 31.0 Å². The normalized spacial score (nSPS) is 10.7. The lowest BCUT2D eigenvalue weighted by atomic mass is 10.1. The molecule has 124 valence electrons. The van der Waals surface area contributed by atoms with Gasteiger partial charge in [-0.15, -0.1) is 0 Å². The van der Waals surface area contributed by atoms with E-state index < -0.39 is 11.5 Å². The first-order valence-corrected chi connectivity index (χ1v) is 7.63. The molecule has 0 atom stereocenters. The van der Waals surface area contributed by atoms with Crippen LogP contribution in [0, 0.1) is 0 Å². The van der Waals surface area contributed by atoms with E-state index in [0.717, 1.165) is 6.42 Å². The fourth-order valence-electron chi connectivity index (χ4n) is 2.07. The van der Waals surface area contributed by atoms with E-state index in [1.165, 1.54) is 6.07 Å². The Morgan fingerprint density at radius 3 is 2.83 bits per heavy atom. The van der Waals surface area contributed by atoms with E-state index in [0.29, 0.717) is 42.9 Å². The highest BCUT2D eigenvalue weighted by atomic mass is 16.5. The van der Waals surface area contributed by atoms with Crippen LogP contribution in [-0.4, -0.2) is 32.8 Å². The van der Waals surface area contributed by atoms with Crippen molar-refractivity contribution in [2.75, 3.05) is 26.9 Å². The van der Waals surface area contributed by atoms with Gasteiger partial charge in [-0.3, -0.25) is 4.79 Å². The van der Waals surface area contributed by atoms with Crippen LogP contribution in [0.1, 0.15) is 30.1 Å². The number of carbonyl (C=O) groups is 1. The van der Waals surface area contributed by atoms with Gasteiger partial charge in [0.25, 0.3) is 5.91 Å². The molecular weight excluding hydrogens is 298 g/mol. The first-order chi connectivity index (χ1) is 11.2. The summed E-state index contributed by atoms with van der Waals surface area (Å²) in [5.74, 6) is 0.197. The van der Waals surface area contributed by atoms with Crippen molar-refractivity contribution in [3.8, 4) is 5.75 Å². The molecule has 0 radical (unpaired) electrons. The van der Waals surface area contributed by atoms with Crippen LogP contribution < -0.4 is 15.7 Å². The van der Waals surface area contributed by atoms with Crippen molar-refractivity contribution in [2.24, 2.45) is 0 Å². The standard InChI is InChI=1S/C17H21NO5/c1-3-8-22-13-6-5-12-10-14(17(20)23-15(12)11-13)16(19)18-7-4-9-21-2/h5-6,10-11H,3-4,7-9H2,1-2H3,(H,18,19). The van der Waals surface area contributed by atoms with Gasteiger partial charge in [-0.25, -0.2) is 4.79 Å². The van der Waals surface area contributed by atoms with Crippen LogP contribution in [0.15, 0.2) is 33.5 Å². The van der Waals surface area contributed by atoms with Crippen LogP contribution >= 0.6 is 0 Å². The van der Waals surface area contributed by atoms with Gasteiger partial charge in [-0.1, -0.05) is 6.92 Å². The van der Waals surface area contributed by atoms with Crippen molar-refractivity contribution >= 4 is 16.9 Å². The largest absolute Gasteiger partial charge is 0.493 e. The third-order valence-corrected chi connectivity index (χ3v) is 3.24. The minimum atomic E-state index is -0.658. The number of amides is 1. The molecule has 0 unspecified atom stereocenters. The lowest BCUT2D eigenvalue weighted by Crippen LogP contribution is -2.29. The number of fused-ring (bicyclic) bond motifs is 1. The van der Waals surface area contributed by atoms with Crippen molar-refractivity contribution in [2.45, 2.75) is 19.8 Å². The second-order valence-corrected chi connectivity index (χ2v) is 5.10. The van der Waals surface area contributed by atoms with Crippen molar-refractivity contribution in [1.29, 1.82) is 0 Å². The van der Waals surface area contributed by atoms with Crippen LogP contribution in [0.2, 0.25) is 0 Å². The number of carbonyl (C=O) groups excluding carboxylic acids is 1. The Morgan fingerprint density at radius 1 is 1.26 bits per heavy atom. The molecule has 1 amide bonds. The third-order valence-electron chi connectivity index (χ3n) is 3.24. The van der Waals surface area contributed by atoms with Gasteiger partial charge in [0, 0.05) is 31.7 Å². The van der Waals surface area contributed by atoms with Gasteiger partial charge in [0.15, 0.2) is 0 Å². The van der Waals surface area contributed by atoms with Gasteiger partial charge in [0.05, 0.1) is 6.61 Å². The topological polar surface area (TPSA) is 77.8 Å². The number of benzene rings is 1. The smallest absolute Gasteiger partial charge is 0.349 e. The summed E-state index contributed by atoms with van der Waals surface area (Å²) in [5.41, 5.74) is -0.258. The lowest BCUT2D eigenvalue weighted by Gasteiger charge is -2.07. The number of rotatable bonds is 8. The van der Waals surface area contributed by atoms with Crippen LogP contribution in [-0.2, 0) is 4.74 Å². The Labute approximate surface area is 134 Å². The summed E-state index contributed by atoms with van der Waals surface area (Å²) in [6.45, 7) is 3.59. The predicted molar refractivity (Wildman–Crippen MR) is 87.1 cm³/mol. The zero-order valence-corrected chi connectivity index (χ0v) is 13.4. The number of nitrogens with one attached hydrogen (secondary N) is 1. The number of hydrogen-bond acceptors (Lipinski definition) is 5. The first kappa shape index (κ1) is 17.0. The fraction of sp³-hybridized carbons (Fsp3) is 0.412. The van der Waals surface area contributed by atoms with Crippen molar-refractivity contribution < 1.29 is 18.7 Å². The SMILES string of the molecule is CCCOc1ccc2cc(C(=O)NCCCOC)c(=O)oc2c1. The van der Waals surface area contributed by atoms with E-state index in [1.807, 2.05) is 6.92 Å². The van der Waals surface area contributed by atoms with E-state index in [1.54, 1.807) is 25.3 Å². The van der Waals surface area contributed by atoms with Crippen molar-refractivity contribution in [1.82, 2.24) is 5.32 Å². The molecule has 0 saturated carbocycles. The van der Waals surface area contributed by atoms with Crippen molar-refractivity contribution in [3.05, 3.63) is 40.2 Å². The minimum absolute atomic E-state index is 0.00265. The van der Waals surface area contributed by atoms with Crippen LogP contribution in [0.25, 0.3) is 11.0 Å². The number of methoxy groups -OCH3 is 1. The Hall–Kier alpha value is -2.34. The Morgan fingerprint density at radius 2 is 2.09 bits per heavy atom. The first-order valence-electron chi connectivity index (χ1n) is 7.63. The van der Waals surface area contributed by atoms with Gasteiger partial charge in [-0.2, -0.15) is 0 Å². The molecule has 0 aliphatic carbocycles. The summed E-state index contributed by atoms with van der Waals surface area (Å²) in [6.07, 6.45) is 1.57. The van der Waals surface area contributed by atoms with E-state index >= 15 is 0 Å². The molecule has 0 fully saturated rings. The second-order valence-electron chi connectivity index (χ2n) is 5.10. The monoisotopic (exact) mass is 319 g/mol. The molecule has 0 aliphatic heterocycles. The highest BCUT2D eigenvalue weighted by Crippen LogP contribution is 2.20. The quantitative estimate of drug-likeness (QED) is 0.597. The maximum atomic E-state index is 12.0. The highest BCUT2D eigenvalue weighted by molar-refractivity contribution is 5.96. The summed E-state index contributed by atoms with van der Waals surface area (Å²) in [5, 5.41) is 3.35. The zero-order valence-electron chi connectivity index (χ0n) is 13.4. The number of hydrogen-bond donors (Lipinski definition) is 1. The maximum absolute atomic E-state index is 12.0. The Balaban J connectivity index is 2.17. The molecule has 1 heterocycles. The van der Waals surface area contributed by atoms with Gasteiger partial charge in [0.2, 0.25) is 0 Å². The fourth-order valence-corrected chi connectivity index (χ4v) is 2.07. The molecule has 1 aromatic carbocycles. The van der Waals surface area contributed by atoms with Crippen LogP contribution in [0.4, 0.5) is 0 Å². The molecule has 6 heteroatoms. The summed E-state index contributed by atoms with van der Waals surface area (Å²) in [7, 11) is 1.60. The molecule has 23 heavy (non-hydrogen) atoms. The molecule has 0 bridgehead atoms. The molecule has 0 saturated heterocycles. The molecular formula is C17H21NO5.